The van der Waals surface area contributed by atoms with Crippen molar-refractivity contribution in [2.45, 2.75) is 16.2 Å². The van der Waals surface area contributed by atoms with Crippen LogP contribution >= 0.6 is 0 Å². The van der Waals surface area contributed by atoms with E-state index in [-0.39, 0.29) is 0 Å². The molecule has 2 aromatic rings. The third-order valence-electron chi connectivity index (χ3n) is 4.17. The van der Waals surface area contributed by atoms with Crippen molar-refractivity contribution < 1.29 is 8.95 Å². The Bertz CT molecular complexity index is 708. The largest absolute Gasteiger partial charge is 0.378 e. The zero-order valence-corrected chi connectivity index (χ0v) is 12.6. The van der Waals surface area contributed by atoms with E-state index in [9.17, 15) is 4.21 Å². The van der Waals surface area contributed by atoms with Gasteiger partial charge in [0.2, 0.25) is 0 Å². The van der Waals surface area contributed by atoms with E-state index in [1.54, 1.807) is 0 Å². The van der Waals surface area contributed by atoms with Crippen molar-refractivity contribution in [2.24, 2.45) is 0 Å². The summed E-state index contributed by atoms with van der Waals surface area (Å²) in [6.45, 7) is 3.43. The molecule has 3 nitrogen and oxygen atoms in total. The Kier molecular flexibility index (Phi) is 3.28. The molecular formula is C17H17NO2S. The van der Waals surface area contributed by atoms with E-state index < -0.39 is 10.8 Å². The second kappa shape index (κ2) is 5.28. The standard InChI is InChI=1S/C17H17NO2S/c19-21-16-4-2-1-3-13(16)11-14-12-15(5-6-17(14)21)18-7-9-20-10-8-18/h1-6,12H,7-11H2. The van der Waals surface area contributed by atoms with Crippen molar-refractivity contribution in [3.63, 3.8) is 0 Å². The molecule has 1 saturated heterocycles. The van der Waals surface area contributed by atoms with Gasteiger partial charge in [0, 0.05) is 28.6 Å². The van der Waals surface area contributed by atoms with Crippen molar-refractivity contribution in [2.75, 3.05) is 31.2 Å². The van der Waals surface area contributed by atoms with Gasteiger partial charge in [-0.25, -0.2) is 4.21 Å². The van der Waals surface area contributed by atoms with Gasteiger partial charge in [-0.15, -0.1) is 0 Å². The molecule has 0 spiro atoms. The summed E-state index contributed by atoms with van der Waals surface area (Å²) in [6.07, 6.45) is 0.870. The molecule has 1 fully saturated rings. The quantitative estimate of drug-likeness (QED) is 0.692. The average Bonchev–Trinajstić information content (AvgIpc) is 2.55. The third kappa shape index (κ3) is 2.28. The number of benzene rings is 2. The topological polar surface area (TPSA) is 29.5 Å². The van der Waals surface area contributed by atoms with Crippen LogP contribution in [0.5, 0.6) is 0 Å². The molecule has 1 atom stereocenters. The van der Waals surface area contributed by atoms with E-state index in [0.717, 1.165) is 42.5 Å². The highest BCUT2D eigenvalue weighted by Gasteiger charge is 2.23. The van der Waals surface area contributed by atoms with Crippen LogP contribution in [0.25, 0.3) is 0 Å². The Hall–Kier alpha value is -1.65. The van der Waals surface area contributed by atoms with Crippen molar-refractivity contribution in [1.29, 1.82) is 0 Å². The molecule has 0 saturated carbocycles. The predicted octanol–water partition coefficient (Wildman–Crippen LogP) is 2.59. The molecule has 2 aliphatic heterocycles. The van der Waals surface area contributed by atoms with Gasteiger partial charge in [-0.05, 0) is 41.8 Å². The molecule has 0 aliphatic carbocycles. The maximum absolute atomic E-state index is 12.7. The van der Waals surface area contributed by atoms with Gasteiger partial charge in [0.05, 0.1) is 24.0 Å². The SMILES string of the molecule is O=S1c2ccccc2Cc2cc(N3CCOCC3)ccc21. The minimum absolute atomic E-state index is 0.784. The molecule has 1 unspecified atom stereocenters. The molecule has 0 amide bonds. The molecule has 2 heterocycles. The summed E-state index contributed by atoms with van der Waals surface area (Å²) in [5.41, 5.74) is 3.59. The number of ether oxygens (including phenoxy) is 1. The van der Waals surface area contributed by atoms with Crippen LogP contribution in [0, 0.1) is 0 Å². The molecule has 4 heteroatoms. The lowest BCUT2D eigenvalue weighted by Gasteiger charge is -2.30. The summed E-state index contributed by atoms with van der Waals surface area (Å²) in [4.78, 5) is 4.27. The molecular weight excluding hydrogens is 282 g/mol. The van der Waals surface area contributed by atoms with Crippen LogP contribution < -0.4 is 4.90 Å². The molecule has 21 heavy (non-hydrogen) atoms. The van der Waals surface area contributed by atoms with E-state index in [1.807, 2.05) is 24.3 Å². The summed E-state index contributed by atoms with van der Waals surface area (Å²) >= 11 is 0. The molecule has 0 aromatic heterocycles. The van der Waals surface area contributed by atoms with Gasteiger partial charge in [0.1, 0.15) is 0 Å². The number of hydrogen-bond acceptors (Lipinski definition) is 3. The summed E-state index contributed by atoms with van der Waals surface area (Å²) in [5.74, 6) is 0. The second-order valence-corrected chi connectivity index (χ2v) is 6.86. The minimum Gasteiger partial charge on any atom is -0.378 e. The normalized spacial score (nSPS) is 20.8. The van der Waals surface area contributed by atoms with Crippen LogP contribution in [-0.2, 0) is 22.0 Å². The lowest BCUT2D eigenvalue weighted by atomic mass is 10.0. The number of anilines is 1. The highest BCUT2D eigenvalue weighted by atomic mass is 32.2. The lowest BCUT2D eigenvalue weighted by Crippen LogP contribution is -2.36. The van der Waals surface area contributed by atoms with E-state index in [0.29, 0.717) is 0 Å². The molecule has 108 valence electrons. The van der Waals surface area contributed by atoms with Gasteiger partial charge < -0.3 is 9.64 Å². The third-order valence-corrected chi connectivity index (χ3v) is 5.77. The van der Waals surface area contributed by atoms with Crippen molar-refractivity contribution in [3.05, 3.63) is 53.6 Å². The van der Waals surface area contributed by atoms with Crippen molar-refractivity contribution in [3.8, 4) is 0 Å². The molecule has 0 radical (unpaired) electrons. The minimum atomic E-state index is -1.05. The summed E-state index contributed by atoms with van der Waals surface area (Å²) < 4.78 is 18.1. The number of rotatable bonds is 1. The fourth-order valence-corrected chi connectivity index (χ4v) is 4.44. The van der Waals surface area contributed by atoms with Crippen LogP contribution in [0.4, 0.5) is 5.69 Å². The van der Waals surface area contributed by atoms with Crippen molar-refractivity contribution in [1.82, 2.24) is 0 Å². The highest BCUT2D eigenvalue weighted by molar-refractivity contribution is 7.85. The predicted molar refractivity (Wildman–Crippen MR) is 83.4 cm³/mol. The molecule has 2 aliphatic rings. The second-order valence-electron chi connectivity index (χ2n) is 5.44. The first-order valence-corrected chi connectivity index (χ1v) is 8.43. The van der Waals surface area contributed by atoms with Crippen LogP contribution in [-0.4, -0.2) is 30.5 Å². The fourth-order valence-electron chi connectivity index (χ4n) is 3.06. The van der Waals surface area contributed by atoms with Gasteiger partial charge in [0.25, 0.3) is 0 Å². The smallest absolute Gasteiger partial charge is 0.0855 e. The molecule has 0 bridgehead atoms. The van der Waals surface area contributed by atoms with Gasteiger partial charge in [-0.2, -0.15) is 0 Å². The van der Waals surface area contributed by atoms with Gasteiger partial charge >= 0.3 is 0 Å². The first kappa shape index (κ1) is 13.0. The van der Waals surface area contributed by atoms with Gasteiger partial charge in [-0.3, -0.25) is 0 Å². The first-order valence-electron chi connectivity index (χ1n) is 7.28. The van der Waals surface area contributed by atoms with Gasteiger partial charge in [0.15, 0.2) is 0 Å². The zero-order valence-electron chi connectivity index (χ0n) is 11.7. The summed E-state index contributed by atoms with van der Waals surface area (Å²) in [7, 11) is -1.05. The molecule has 4 rings (SSSR count). The highest BCUT2D eigenvalue weighted by Crippen LogP contribution is 2.33. The van der Waals surface area contributed by atoms with Crippen LogP contribution in [0.1, 0.15) is 11.1 Å². The lowest BCUT2D eigenvalue weighted by molar-refractivity contribution is 0.122. The Balaban J connectivity index is 1.72. The zero-order chi connectivity index (χ0) is 14.2. The first-order chi connectivity index (χ1) is 10.3. The Morgan fingerprint density at radius 3 is 2.57 bits per heavy atom. The van der Waals surface area contributed by atoms with E-state index in [2.05, 4.69) is 23.1 Å². The Labute approximate surface area is 127 Å². The average molecular weight is 299 g/mol. The fraction of sp³-hybridized carbons (Fsp3) is 0.294. The van der Waals surface area contributed by atoms with Gasteiger partial charge in [-0.1, -0.05) is 18.2 Å². The molecule has 0 N–H and O–H groups in total. The van der Waals surface area contributed by atoms with Crippen LogP contribution in [0.3, 0.4) is 0 Å². The van der Waals surface area contributed by atoms with Crippen molar-refractivity contribution >= 4 is 16.5 Å². The van der Waals surface area contributed by atoms with E-state index in [1.165, 1.54) is 16.8 Å². The maximum atomic E-state index is 12.7. The Morgan fingerprint density at radius 1 is 0.952 bits per heavy atom. The monoisotopic (exact) mass is 299 g/mol. The number of fused-ring (bicyclic) bond motifs is 2. The van der Waals surface area contributed by atoms with E-state index in [4.69, 9.17) is 4.74 Å². The summed E-state index contributed by atoms with van der Waals surface area (Å²) in [6, 6.07) is 14.4. The Morgan fingerprint density at radius 2 is 1.71 bits per heavy atom. The molecule has 2 aromatic carbocycles. The van der Waals surface area contributed by atoms with Crippen LogP contribution in [0.2, 0.25) is 0 Å². The maximum Gasteiger partial charge on any atom is 0.0855 e. The number of hydrogen-bond donors (Lipinski definition) is 0. The van der Waals surface area contributed by atoms with E-state index >= 15 is 0 Å². The number of nitrogens with zero attached hydrogens (tertiary/aromatic N) is 1. The summed E-state index contributed by atoms with van der Waals surface area (Å²) in [5, 5.41) is 0. The number of morpholine rings is 1. The van der Waals surface area contributed by atoms with Crippen LogP contribution in [0.15, 0.2) is 52.3 Å².